The van der Waals surface area contributed by atoms with Gasteiger partial charge in [0.25, 0.3) is 0 Å². The number of allylic oxidation sites excluding steroid dienone is 1. The molecule has 4 aliphatic heterocycles. The molecule has 4 aliphatic rings. The second-order valence-corrected chi connectivity index (χ2v) is 13.3. The van der Waals surface area contributed by atoms with Crippen molar-refractivity contribution in [3.05, 3.63) is 57.6 Å². The smallest absolute Gasteiger partial charge is 0.319 e. The number of nitrogens with zero attached hydrogens (tertiary/aromatic N) is 6. The SMILES string of the molecule is C=C/C=c1\c(=C\c2c(Cl)c(OC)c3c(N4CC5CCC(C4)N5)nc(OCC45CCCN4CCC5)nc3c2F)c(C#N)c2[nH]ccn12. The van der Waals surface area contributed by atoms with E-state index in [0.29, 0.717) is 51.7 Å². The van der Waals surface area contributed by atoms with Crippen molar-refractivity contribution in [1.82, 2.24) is 29.6 Å². The molecule has 0 radical (unpaired) electrons. The molecule has 0 amide bonds. The third kappa shape index (κ3) is 4.49. The predicted molar refractivity (Wildman–Crippen MR) is 175 cm³/mol. The summed E-state index contributed by atoms with van der Waals surface area (Å²) in [7, 11) is 1.52. The highest BCUT2D eigenvalue weighted by Crippen LogP contribution is 2.44. The molecule has 7 heterocycles. The van der Waals surface area contributed by atoms with Crippen LogP contribution >= 0.6 is 11.6 Å². The zero-order chi connectivity index (χ0) is 31.6. The van der Waals surface area contributed by atoms with Crippen molar-refractivity contribution in [2.45, 2.75) is 56.1 Å². The lowest BCUT2D eigenvalue weighted by molar-refractivity contribution is 0.108. The van der Waals surface area contributed by atoms with Gasteiger partial charge < -0.3 is 29.1 Å². The largest absolute Gasteiger partial charge is 0.494 e. The average Bonchev–Trinajstić information content (AvgIpc) is 3.87. The molecule has 0 aliphatic carbocycles. The fourth-order valence-electron chi connectivity index (χ4n) is 8.29. The highest BCUT2D eigenvalue weighted by Gasteiger charge is 2.45. The molecule has 2 N–H and O–H groups in total. The normalized spacial score (nSPS) is 23.0. The fraction of sp³-hybridized carbons (Fsp3) is 0.441. The summed E-state index contributed by atoms with van der Waals surface area (Å²) in [6.07, 6.45) is 15.1. The number of rotatable bonds is 7. The van der Waals surface area contributed by atoms with Crippen LogP contribution in [-0.4, -0.2) is 81.8 Å². The number of nitrogens with one attached hydrogen (secondary N) is 2. The van der Waals surface area contributed by atoms with Gasteiger partial charge in [0.2, 0.25) is 0 Å². The minimum absolute atomic E-state index is 0.0219. The number of fused-ring (bicyclic) bond motifs is 5. The molecular weight excluding hydrogens is 607 g/mol. The molecule has 3 aromatic heterocycles. The third-order valence-corrected chi connectivity index (χ3v) is 10.8. The number of benzene rings is 1. The zero-order valence-electron chi connectivity index (χ0n) is 25.8. The molecule has 4 aromatic rings. The Labute approximate surface area is 270 Å². The van der Waals surface area contributed by atoms with Gasteiger partial charge in [-0.25, -0.2) is 4.39 Å². The van der Waals surface area contributed by atoms with Crippen LogP contribution in [0.3, 0.4) is 0 Å². The van der Waals surface area contributed by atoms with E-state index in [1.54, 1.807) is 30.6 Å². The molecule has 12 heteroatoms. The van der Waals surface area contributed by atoms with Crippen molar-refractivity contribution in [3.63, 3.8) is 0 Å². The van der Waals surface area contributed by atoms with Crippen LogP contribution in [-0.2, 0) is 0 Å². The lowest BCUT2D eigenvalue weighted by Crippen LogP contribution is -2.51. The predicted octanol–water partition coefficient (Wildman–Crippen LogP) is 3.63. The Hall–Kier alpha value is -4.11. The van der Waals surface area contributed by atoms with E-state index in [-0.39, 0.29) is 33.4 Å². The van der Waals surface area contributed by atoms with Crippen LogP contribution in [0, 0.1) is 17.1 Å². The minimum Gasteiger partial charge on any atom is -0.494 e. The van der Waals surface area contributed by atoms with Gasteiger partial charge in [0.05, 0.1) is 28.4 Å². The molecule has 238 valence electrons. The second kappa shape index (κ2) is 11.3. The van der Waals surface area contributed by atoms with E-state index in [1.807, 2.05) is 4.40 Å². The molecule has 0 saturated carbocycles. The van der Waals surface area contributed by atoms with Crippen LogP contribution in [0.2, 0.25) is 5.02 Å². The van der Waals surface area contributed by atoms with Gasteiger partial charge in [-0.2, -0.15) is 15.2 Å². The Morgan fingerprint density at radius 2 is 1.98 bits per heavy atom. The molecule has 1 aromatic carbocycles. The summed E-state index contributed by atoms with van der Waals surface area (Å²) in [5, 5.41) is 15.5. The van der Waals surface area contributed by atoms with Crippen LogP contribution in [0.4, 0.5) is 10.2 Å². The van der Waals surface area contributed by atoms with E-state index in [1.165, 1.54) is 7.11 Å². The summed E-state index contributed by atoms with van der Waals surface area (Å²) in [6.45, 7) is 7.89. The summed E-state index contributed by atoms with van der Waals surface area (Å²) in [5.41, 5.74) is 1.07. The van der Waals surface area contributed by atoms with Gasteiger partial charge in [0.1, 0.15) is 35.2 Å². The van der Waals surface area contributed by atoms with Gasteiger partial charge >= 0.3 is 6.01 Å². The summed E-state index contributed by atoms with van der Waals surface area (Å²) >= 11 is 7.02. The number of aromatic nitrogens is 4. The summed E-state index contributed by atoms with van der Waals surface area (Å²) in [5.74, 6) is 0.216. The monoisotopic (exact) mass is 642 g/mol. The molecule has 0 spiro atoms. The molecule has 10 nitrogen and oxygen atoms in total. The van der Waals surface area contributed by atoms with Gasteiger partial charge in [-0.05, 0) is 63.8 Å². The number of aromatic amines is 1. The molecule has 46 heavy (non-hydrogen) atoms. The number of hydrogen-bond donors (Lipinski definition) is 2. The number of ether oxygens (including phenoxy) is 2. The van der Waals surface area contributed by atoms with Crippen molar-refractivity contribution in [2.75, 3.05) is 44.8 Å². The van der Waals surface area contributed by atoms with Crippen molar-refractivity contribution in [3.8, 4) is 17.8 Å². The standard InChI is InChI=1S/C34H36ClFN8O2/c1-3-6-25-22(24(16-37)31-38-11-14-44(25)31)15-23-27(35)30(45-2)26-29(28(23)36)40-33(46-19-34-9-4-12-43(34)13-5-10-34)41-32(26)42-17-20-7-8-21(18-42)39-20/h3,6,11,14-15,20-21,38-39H,1,4-5,7-10,12-13,17-19H2,2H3/b22-15+,25-6+. The maximum atomic E-state index is 17.0. The molecule has 2 unspecified atom stereocenters. The number of piperazine rings is 1. The summed E-state index contributed by atoms with van der Waals surface area (Å²) < 4.78 is 31.2. The number of halogens is 2. The van der Waals surface area contributed by atoms with Gasteiger partial charge in [-0.3, -0.25) is 4.90 Å². The molecule has 2 bridgehead atoms. The van der Waals surface area contributed by atoms with Crippen LogP contribution in [0.5, 0.6) is 11.8 Å². The van der Waals surface area contributed by atoms with Crippen LogP contribution in [0.25, 0.3) is 28.7 Å². The first-order valence-electron chi connectivity index (χ1n) is 16.0. The number of H-pyrrole nitrogens is 1. The summed E-state index contributed by atoms with van der Waals surface area (Å²) in [6, 6.07) is 3.05. The van der Waals surface area contributed by atoms with Gasteiger partial charge in [0.15, 0.2) is 11.6 Å². The maximum absolute atomic E-state index is 17.0. The van der Waals surface area contributed by atoms with E-state index >= 15 is 4.39 Å². The molecule has 4 saturated heterocycles. The van der Waals surface area contributed by atoms with E-state index in [9.17, 15) is 5.26 Å². The number of imidazole rings is 1. The van der Waals surface area contributed by atoms with Crippen LogP contribution in [0.1, 0.15) is 49.7 Å². The topological polar surface area (TPSA) is 107 Å². The van der Waals surface area contributed by atoms with Crippen LogP contribution < -0.4 is 30.3 Å². The highest BCUT2D eigenvalue weighted by molar-refractivity contribution is 6.35. The van der Waals surface area contributed by atoms with Crippen molar-refractivity contribution in [2.24, 2.45) is 0 Å². The maximum Gasteiger partial charge on any atom is 0.319 e. The number of anilines is 1. The second-order valence-electron chi connectivity index (χ2n) is 12.9. The van der Waals surface area contributed by atoms with Crippen LogP contribution in [0.15, 0.2) is 25.0 Å². The highest BCUT2D eigenvalue weighted by atomic mass is 35.5. The van der Waals surface area contributed by atoms with E-state index < -0.39 is 5.82 Å². The lowest BCUT2D eigenvalue weighted by atomic mass is 9.95. The molecule has 2 atom stereocenters. The van der Waals surface area contributed by atoms with Gasteiger partial charge in [-0.15, -0.1) is 0 Å². The van der Waals surface area contributed by atoms with Gasteiger partial charge in [-0.1, -0.05) is 24.3 Å². The number of hydrogen-bond acceptors (Lipinski definition) is 8. The molecule has 4 fully saturated rings. The quantitative estimate of drug-likeness (QED) is 0.315. The average molecular weight is 643 g/mol. The van der Waals surface area contributed by atoms with E-state index in [0.717, 1.165) is 64.7 Å². The van der Waals surface area contributed by atoms with Crippen molar-refractivity contribution < 1.29 is 13.9 Å². The van der Waals surface area contributed by atoms with E-state index in [4.69, 9.17) is 31.0 Å². The number of nitriles is 1. The minimum atomic E-state index is -0.628. The molecular formula is C34H36ClFN8O2. The Bertz CT molecular complexity index is 2030. The van der Waals surface area contributed by atoms with Crippen molar-refractivity contribution >= 4 is 46.1 Å². The molecule has 8 rings (SSSR count). The Balaban J connectivity index is 1.34. The Kier molecular flexibility index (Phi) is 7.20. The first-order valence-corrected chi connectivity index (χ1v) is 16.4. The Morgan fingerprint density at radius 3 is 2.67 bits per heavy atom. The van der Waals surface area contributed by atoms with Gasteiger partial charge in [0, 0.05) is 48.3 Å². The third-order valence-electron chi connectivity index (χ3n) is 10.4. The Morgan fingerprint density at radius 1 is 1.22 bits per heavy atom. The summed E-state index contributed by atoms with van der Waals surface area (Å²) in [4.78, 5) is 17.5. The first-order chi connectivity index (χ1) is 22.4. The number of methoxy groups -OCH3 is 1. The first kappa shape index (κ1) is 29.3. The zero-order valence-corrected chi connectivity index (χ0v) is 26.5. The van der Waals surface area contributed by atoms with Crippen molar-refractivity contribution in [1.29, 1.82) is 5.26 Å². The lowest BCUT2D eigenvalue weighted by Gasteiger charge is -2.35. The fourth-order valence-corrected chi connectivity index (χ4v) is 8.60. The van der Waals surface area contributed by atoms with E-state index in [2.05, 4.69) is 32.7 Å².